The maximum atomic E-state index is 5.01. The van der Waals surface area contributed by atoms with Gasteiger partial charge in [0.05, 0.1) is 0 Å². The number of hydrogen-bond donors (Lipinski definition) is 0. The number of hydrogen-bond acceptors (Lipinski definition) is 2. The molecule has 0 atom stereocenters. The smallest absolute Gasteiger partial charge is 0.0300 e. The minimum atomic E-state index is 0. The van der Waals surface area contributed by atoms with E-state index in [2.05, 4.69) is 6.58 Å². The zero-order chi connectivity index (χ0) is 7.11. The molecule has 0 aromatic rings. The molecule has 2 nitrogen and oxygen atoms in total. The molecule has 0 bridgehead atoms. The molecule has 58 valence electrons. The van der Waals surface area contributed by atoms with Crippen LogP contribution in [0.25, 0.3) is 0 Å². The van der Waals surface area contributed by atoms with Crippen LogP contribution in [0.2, 0.25) is 0 Å². The van der Waals surface area contributed by atoms with Crippen LogP contribution in [0.3, 0.4) is 0 Å². The standard InChI is InChI=1S/C7H13O2.Ti/c1-4-7(8-5-2)9-6-3;/h4H,1,5-6H2,2-3H3;/q-1;. The number of ether oxygens (including phenoxy) is 2. The summed E-state index contributed by atoms with van der Waals surface area (Å²) in [6.07, 6.45) is 2.08. The molecule has 0 fully saturated rings. The maximum absolute atomic E-state index is 5.01. The molecule has 0 rings (SSSR count). The molecule has 0 aromatic heterocycles. The van der Waals surface area contributed by atoms with Crippen LogP contribution < -0.4 is 0 Å². The first-order valence-corrected chi connectivity index (χ1v) is 3.10. The van der Waals surface area contributed by atoms with Crippen molar-refractivity contribution in [2.45, 2.75) is 13.8 Å². The Hall–Kier alpha value is 0.244. The van der Waals surface area contributed by atoms with Crippen molar-refractivity contribution in [3.05, 3.63) is 18.9 Å². The van der Waals surface area contributed by atoms with Gasteiger partial charge in [0.25, 0.3) is 0 Å². The zero-order valence-corrected chi connectivity index (χ0v) is 8.08. The first kappa shape index (κ1) is 12.9. The van der Waals surface area contributed by atoms with Crippen molar-refractivity contribution in [2.24, 2.45) is 0 Å². The summed E-state index contributed by atoms with van der Waals surface area (Å²) in [5.74, 6) is 0. The van der Waals surface area contributed by atoms with E-state index in [0.717, 1.165) is 0 Å². The van der Waals surface area contributed by atoms with Gasteiger partial charge in [-0.2, -0.15) is 6.08 Å². The van der Waals surface area contributed by atoms with Crippen LogP contribution in [-0.4, -0.2) is 13.2 Å². The van der Waals surface area contributed by atoms with Crippen molar-refractivity contribution in [2.75, 3.05) is 13.2 Å². The molecule has 0 aliphatic carbocycles. The molecule has 0 spiro atoms. The fourth-order valence-electron chi connectivity index (χ4n) is 0.444. The van der Waals surface area contributed by atoms with Gasteiger partial charge in [0, 0.05) is 41.2 Å². The van der Waals surface area contributed by atoms with Gasteiger partial charge in [-0.3, -0.25) is 0 Å². The Labute approximate surface area is 77.5 Å². The minimum Gasteiger partial charge on any atom is -0.414 e. The van der Waals surface area contributed by atoms with Gasteiger partial charge >= 0.3 is 0 Å². The Morgan fingerprint density at radius 3 is 1.90 bits per heavy atom. The van der Waals surface area contributed by atoms with E-state index in [0.29, 0.717) is 19.5 Å². The van der Waals surface area contributed by atoms with Crippen molar-refractivity contribution < 1.29 is 31.2 Å². The summed E-state index contributed by atoms with van der Waals surface area (Å²) in [7, 11) is 0. The molecule has 0 N–H and O–H groups in total. The van der Waals surface area contributed by atoms with Crippen LogP contribution in [0.15, 0.2) is 12.7 Å². The molecule has 0 saturated carbocycles. The summed E-state index contributed by atoms with van der Waals surface area (Å²) in [4.78, 5) is 0. The molecule has 0 aromatic carbocycles. The molecule has 10 heavy (non-hydrogen) atoms. The second-order valence-corrected chi connectivity index (χ2v) is 1.39. The molecule has 0 radical (unpaired) electrons. The monoisotopic (exact) mass is 177 g/mol. The summed E-state index contributed by atoms with van der Waals surface area (Å²) in [6, 6.07) is 0. The maximum Gasteiger partial charge on any atom is 0.0300 e. The van der Waals surface area contributed by atoms with E-state index < -0.39 is 0 Å². The van der Waals surface area contributed by atoms with Crippen molar-refractivity contribution in [1.29, 1.82) is 0 Å². The van der Waals surface area contributed by atoms with E-state index in [9.17, 15) is 0 Å². The van der Waals surface area contributed by atoms with Crippen LogP contribution in [0.1, 0.15) is 13.8 Å². The summed E-state index contributed by atoms with van der Waals surface area (Å²) in [5.41, 5.74) is 0. The molecule has 0 unspecified atom stereocenters. The third-order valence-corrected chi connectivity index (χ3v) is 0.740. The van der Waals surface area contributed by atoms with E-state index >= 15 is 0 Å². The largest absolute Gasteiger partial charge is 0.414 e. The average Bonchev–Trinajstić information content (AvgIpc) is 1.88. The molecule has 0 saturated heterocycles. The first-order valence-electron chi connectivity index (χ1n) is 3.10. The van der Waals surface area contributed by atoms with Gasteiger partial charge in [0.1, 0.15) is 0 Å². The van der Waals surface area contributed by atoms with Crippen molar-refractivity contribution in [3.8, 4) is 0 Å². The molecular formula is C7H13O2Ti-. The minimum absolute atomic E-state index is 0. The molecule has 0 amide bonds. The molecule has 0 aliphatic heterocycles. The SMILES string of the molecule is C=C[C-](OCC)OCC.[Ti]. The van der Waals surface area contributed by atoms with Gasteiger partial charge in [-0.05, 0) is 13.8 Å². The van der Waals surface area contributed by atoms with Gasteiger partial charge in [-0.25, -0.2) is 6.58 Å². The molecule has 0 heterocycles. The van der Waals surface area contributed by atoms with Crippen LogP contribution in [0.5, 0.6) is 0 Å². The quantitative estimate of drug-likeness (QED) is 0.470. The van der Waals surface area contributed by atoms with Gasteiger partial charge in [0.2, 0.25) is 0 Å². The molecule has 3 heteroatoms. The second-order valence-electron chi connectivity index (χ2n) is 1.39. The number of rotatable bonds is 5. The van der Waals surface area contributed by atoms with Gasteiger partial charge in [-0.1, -0.05) is 0 Å². The van der Waals surface area contributed by atoms with Crippen LogP contribution >= 0.6 is 0 Å². The van der Waals surface area contributed by atoms with Crippen molar-refractivity contribution in [3.63, 3.8) is 0 Å². The van der Waals surface area contributed by atoms with E-state index in [1.807, 2.05) is 13.8 Å². The van der Waals surface area contributed by atoms with Gasteiger partial charge in [-0.15, -0.1) is 0 Å². The summed E-state index contributed by atoms with van der Waals surface area (Å²) < 4.78 is 10.0. The Balaban J connectivity index is 0. The summed E-state index contributed by atoms with van der Waals surface area (Å²) in [6.45, 7) is 8.57. The van der Waals surface area contributed by atoms with Crippen molar-refractivity contribution >= 4 is 0 Å². The summed E-state index contributed by atoms with van der Waals surface area (Å²) in [5, 5.41) is 0. The van der Waals surface area contributed by atoms with Gasteiger partial charge < -0.3 is 9.47 Å². The zero-order valence-electron chi connectivity index (χ0n) is 6.52. The topological polar surface area (TPSA) is 18.5 Å². The third kappa shape index (κ3) is 6.37. The van der Waals surface area contributed by atoms with Gasteiger partial charge in [0.15, 0.2) is 0 Å². The fourth-order valence-corrected chi connectivity index (χ4v) is 0.444. The van der Waals surface area contributed by atoms with E-state index in [4.69, 9.17) is 9.47 Å². The van der Waals surface area contributed by atoms with Crippen LogP contribution in [0, 0.1) is 6.29 Å². The molecule has 0 aliphatic rings. The second kappa shape index (κ2) is 9.24. The Kier molecular flexibility index (Phi) is 11.9. The average molecular weight is 177 g/mol. The first-order chi connectivity index (χ1) is 4.35. The van der Waals surface area contributed by atoms with Crippen LogP contribution in [0.4, 0.5) is 0 Å². The normalized spacial score (nSPS) is 8.20. The van der Waals surface area contributed by atoms with E-state index in [-0.39, 0.29) is 21.7 Å². The van der Waals surface area contributed by atoms with Crippen LogP contribution in [-0.2, 0) is 31.2 Å². The Bertz CT molecular complexity index is 70.0. The Morgan fingerprint density at radius 2 is 1.70 bits per heavy atom. The predicted octanol–water partition coefficient (Wildman–Crippen LogP) is 1.73. The predicted molar refractivity (Wildman–Crippen MR) is 36.7 cm³/mol. The van der Waals surface area contributed by atoms with E-state index in [1.54, 1.807) is 6.08 Å². The summed E-state index contributed by atoms with van der Waals surface area (Å²) >= 11 is 0. The fraction of sp³-hybridized carbons (Fsp3) is 0.571. The third-order valence-electron chi connectivity index (χ3n) is 0.740. The van der Waals surface area contributed by atoms with Crippen molar-refractivity contribution in [1.82, 2.24) is 0 Å². The van der Waals surface area contributed by atoms with E-state index in [1.165, 1.54) is 0 Å². The molecular weight excluding hydrogens is 164 g/mol. The Morgan fingerprint density at radius 1 is 1.30 bits per heavy atom.